The molecule has 7 nitrogen and oxygen atoms in total. The smallest absolute Gasteiger partial charge is 0.227 e. The van der Waals surface area contributed by atoms with Gasteiger partial charge in [-0.1, -0.05) is 36.4 Å². The van der Waals surface area contributed by atoms with Crippen molar-refractivity contribution in [3.05, 3.63) is 89.4 Å². The fourth-order valence-electron chi connectivity index (χ4n) is 4.82. The summed E-state index contributed by atoms with van der Waals surface area (Å²) in [6, 6.07) is 20.8. The number of hydrogen-bond donors (Lipinski definition) is 2. The number of ether oxygens (including phenoxy) is 1. The Morgan fingerprint density at radius 3 is 2.88 bits per heavy atom. The van der Waals surface area contributed by atoms with Crippen molar-refractivity contribution < 1.29 is 4.74 Å². The molecule has 4 aromatic rings. The van der Waals surface area contributed by atoms with E-state index in [1.807, 2.05) is 24.4 Å². The first-order valence-corrected chi connectivity index (χ1v) is 11.9. The highest BCUT2D eigenvalue weighted by molar-refractivity contribution is 5.82. The van der Waals surface area contributed by atoms with Crippen molar-refractivity contribution in [2.75, 3.05) is 31.6 Å². The Hall–Kier alpha value is -3.39. The molecule has 2 N–H and O–H groups in total. The Balaban J connectivity index is 1.31. The van der Waals surface area contributed by atoms with Crippen LogP contribution in [0.4, 0.5) is 11.6 Å². The second-order valence-electron chi connectivity index (χ2n) is 8.90. The molecule has 1 saturated heterocycles. The Kier molecular flexibility index (Phi) is 5.89. The van der Waals surface area contributed by atoms with Crippen LogP contribution in [0.15, 0.2) is 66.9 Å². The molecule has 172 valence electrons. The van der Waals surface area contributed by atoms with Crippen LogP contribution in [0.5, 0.6) is 0 Å². The molecule has 2 aliphatic heterocycles. The number of benzene rings is 2. The molecule has 0 saturated carbocycles. The van der Waals surface area contributed by atoms with Crippen molar-refractivity contribution >= 4 is 22.5 Å². The van der Waals surface area contributed by atoms with Gasteiger partial charge >= 0.3 is 0 Å². The van der Waals surface area contributed by atoms with Crippen LogP contribution in [0.3, 0.4) is 0 Å². The maximum absolute atomic E-state index is 6.14. The van der Waals surface area contributed by atoms with Crippen molar-refractivity contribution in [1.82, 2.24) is 25.2 Å². The number of nitrogens with zero attached hydrogens (tertiary/aromatic N) is 4. The lowest BCUT2D eigenvalue weighted by Gasteiger charge is -2.32. The van der Waals surface area contributed by atoms with Crippen LogP contribution < -0.4 is 10.6 Å². The molecule has 0 amide bonds. The van der Waals surface area contributed by atoms with Gasteiger partial charge in [-0.3, -0.25) is 9.88 Å². The first-order valence-electron chi connectivity index (χ1n) is 11.9. The zero-order valence-corrected chi connectivity index (χ0v) is 19.1. The largest absolute Gasteiger partial charge is 0.369 e. The van der Waals surface area contributed by atoms with E-state index < -0.39 is 0 Å². The molecule has 2 aliphatic rings. The third-order valence-electron chi connectivity index (χ3n) is 6.51. The Morgan fingerprint density at radius 2 is 2.00 bits per heavy atom. The molecule has 0 bridgehead atoms. The van der Waals surface area contributed by atoms with Gasteiger partial charge in [-0.2, -0.15) is 0 Å². The third kappa shape index (κ3) is 4.50. The van der Waals surface area contributed by atoms with Gasteiger partial charge in [-0.25, -0.2) is 9.97 Å². The SMILES string of the molecule is c1ccc(CN2CCc3nc(Nc4ccc5ncccc5c4)nc(C4CNCCO4)c3C2)cc1. The monoisotopic (exact) mass is 452 g/mol. The van der Waals surface area contributed by atoms with Crippen LogP contribution >= 0.6 is 0 Å². The first kappa shape index (κ1) is 21.2. The number of aromatic nitrogens is 3. The van der Waals surface area contributed by atoms with Gasteiger partial charge < -0.3 is 15.4 Å². The van der Waals surface area contributed by atoms with Crippen LogP contribution in [-0.4, -0.2) is 46.1 Å². The average Bonchev–Trinajstić information content (AvgIpc) is 2.89. The van der Waals surface area contributed by atoms with E-state index in [-0.39, 0.29) is 6.10 Å². The van der Waals surface area contributed by atoms with Crippen molar-refractivity contribution in [1.29, 1.82) is 0 Å². The zero-order chi connectivity index (χ0) is 22.7. The molecule has 2 aromatic heterocycles. The van der Waals surface area contributed by atoms with Gasteiger partial charge in [-0.05, 0) is 29.8 Å². The summed E-state index contributed by atoms with van der Waals surface area (Å²) >= 11 is 0. The van der Waals surface area contributed by atoms with Crippen LogP contribution in [0, 0.1) is 0 Å². The van der Waals surface area contributed by atoms with Crippen LogP contribution in [-0.2, 0) is 24.2 Å². The number of morpholine rings is 1. The van der Waals surface area contributed by atoms with Crippen molar-refractivity contribution in [2.45, 2.75) is 25.6 Å². The number of fused-ring (bicyclic) bond motifs is 2. The van der Waals surface area contributed by atoms with Crippen LogP contribution in [0.1, 0.15) is 28.6 Å². The normalized spacial score (nSPS) is 18.5. The molecule has 0 spiro atoms. The Labute approximate surface area is 199 Å². The molecule has 0 radical (unpaired) electrons. The quantitative estimate of drug-likeness (QED) is 0.474. The summed E-state index contributed by atoms with van der Waals surface area (Å²) in [5, 5.41) is 7.98. The molecule has 1 fully saturated rings. The average molecular weight is 453 g/mol. The summed E-state index contributed by atoms with van der Waals surface area (Å²) in [6.07, 6.45) is 2.64. The summed E-state index contributed by atoms with van der Waals surface area (Å²) in [7, 11) is 0. The highest BCUT2D eigenvalue weighted by atomic mass is 16.5. The van der Waals surface area contributed by atoms with E-state index in [4.69, 9.17) is 14.7 Å². The second-order valence-corrected chi connectivity index (χ2v) is 8.90. The zero-order valence-electron chi connectivity index (χ0n) is 19.1. The molecule has 7 heteroatoms. The van der Waals surface area contributed by atoms with E-state index >= 15 is 0 Å². The molecular formula is C27H28N6O. The maximum Gasteiger partial charge on any atom is 0.227 e. The first-order chi connectivity index (χ1) is 16.8. The number of anilines is 2. The molecule has 1 atom stereocenters. The van der Waals surface area contributed by atoms with Gasteiger partial charge in [0.2, 0.25) is 5.95 Å². The topological polar surface area (TPSA) is 75.2 Å². The highest BCUT2D eigenvalue weighted by Gasteiger charge is 2.28. The Bertz CT molecular complexity index is 1290. The summed E-state index contributed by atoms with van der Waals surface area (Å²) in [4.78, 5) is 16.8. The van der Waals surface area contributed by atoms with Gasteiger partial charge in [0.15, 0.2) is 0 Å². The minimum absolute atomic E-state index is 0.0662. The maximum atomic E-state index is 6.14. The summed E-state index contributed by atoms with van der Waals surface area (Å²) in [6.45, 7) is 5.07. The van der Waals surface area contributed by atoms with Crippen molar-refractivity contribution in [3.63, 3.8) is 0 Å². The minimum Gasteiger partial charge on any atom is -0.369 e. The third-order valence-corrected chi connectivity index (χ3v) is 6.51. The fraction of sp³-hybridized carbons (Fsp3) is 0.296. The molecule has 4 heterocycles. The van der Waals surface area contributed by atoms with E-state index in [0.29, 0.717) is 12.6 Å². The number of hydrogen-bond acceptors (Lipinski definition) is 7. The van der Waals surface area contributed by atoms with E-state index in [0.717, 1.165) is 67.1 Å². The molecule has 1 unspecified atom stereocenters. The molecule has 6 rings (SSSR count). The number of pyridine rings is 1. The van der Waals surface area contributed by atoms with E-state index in [9.17, 15) is 0 Å². The summed E-state index contributed by atoms with van der Waals surface area (Å²) < 4.78 is 6.14. The standard InChI is InChI=1S/C27H28N6O/c1-2-5-19(6-3-1)17-33-13-10-24-22(18-33)26(25-16-28-12-14-34-25)32-27(31-24)30-21-8-9-23-20(15-21)7-4-11-29-23/h1-9,11,15,25,28H,10,12-14,16-18H2,(H,30,31,32). The molecular weight excluding hydrogens is 424 g/mol. The minimum atomic E-state index is -0.0662. The van der Waals surface area contributed by atoms with Gasteiger partial charge in [0.05, 0.1) is 23.5 Å². The number of nitrogens with one attached hydrogen (secondary N) is 2. The lowest BCUT2D eigenvalue weighted by Crippen LogP contribution is -2.37. The van der Waals surface area contributed by atoms with E-state index in [1.165, 1.54) is 11.1 Å². The van der Waals surface area contributed by atoms with E-state index in [1.54, 1.807) is 0 Å². The fourth-order valence-corrected chi connectivity index (χ4v) is 4.82. The van der Waals surface area contributed by atoms with Crippen LogP contribution in [0.25, 0.3) is 10.9 Å². The van der Waals surface area contributed by atoms with E-state index in [2.05, 4.69) is 63.0 Å². The molecule has 34 heavy (non-hydrogen) atoms. The molecule has 2 aromatic carbocycles. The summed E-state index contributed by atoms with van der Waals surface area (Å²) in [5.41, 5.74) is 6.58. The van der Waals surface area contributed by atoms with Gasteiger partial charge in [0, 0.05) is 62.0 Å². The van der Waals surface area contributed by atoms with Gasteiger partial charge in [0.25, 0.3) is 0 Å². The predicted molar refractivity (Wildman–Crippen MR) is 133 cm³/mol. The van der Waals surface area contributed by atoms with Crippen LogP contribution in [0.2, 0.25) is 0 Å². The van der Waals surface area contributed by atoms with Crippen molar-refractivity contribution in [3.8, 4) is 0 Å². The molecule has 0 aliphatic carbocycles. The lowest BCUT2D eigenvalue weighted by molar-refractivity contribution is 0.0236. The lowest BCUT2D eigenvalue weighted by atomic mass is 9.99. The second kappa shape index (κ2) is 9.46. The predicted octanol–water partition coefficient (Wildman–Crippen LogP) is 3.99. The number of rotatable bonds is 5. The van der Waals surface area contributed by atoms with Crippen molar-refractivity contribution in [2.24, 2.45) is 0 Å². The Morgan fingerprint density at radius 1 is 1.06 bits per heavy atom. The van der Waals surface area contributed by atoms with Gasteiger partial charge in [0.1, 0.15) is 6.10 Å². The van der Waals surface area contributed by atoms with Gasteiger partial charge in [-0.15, -0.1) is 0 Å². The summed E-state index contributed by atoms with van der Waals surface area (Å²) in [5.74, 6) is 0.627. The highest BCUT2D eigenvalue weighted by Crippen LogP contribution is 2.30.